The van der Waals surface area contributed by atoms with Crippen molar-refractivity contribution < 1.29 is 0 Å². The van der Waals surface area contributed by atoms with Crippen LogP contribution in [-0.2, 0) is 5.88 Å². The van der Waals surface area contributed by atoms with Crippen LogP contribution in [0.4, 0.5) is 0 Å². The number of halogens is 3. The first-order valence-corrected chi connectivity index (χ1v) is 7.20. The molecule has 2 aromatic rings. The van der Waals surface area contributed by atoms with Gasteiger partial charge in [0.05, 0.1) is 5.88 Å². The van der Waals surface area contributed by atoms with Crippen LogP contribution >= 0.6 is 39.1 Å². The lowest BCUT2D eigenvalue weighted by atomic mass is 10.2. The van der Waals surface area contributed by atoms with Crippen LogP contribution in [0.2, 0.25) is 5.02 Å². The maximum Gasteiger partial charge on any atom is 0.165 e. The van der Waals surface area contributed by atoms with E-state index in [1.54, 1.807) is 0 Å². The number of nitrogens with zero attached hydrogens (tertiary/aromatic N) is 3. The van der Waals surface area contributed by atoms with Crippen molar-refractivity contribution >= 4 is 39.1 Å². The lowest BCUT2D eigenvalue weighted by Gasteiger charge is -2.13. The van der Waals surface area contributed by atoms with Crippen molar-refractivity contribution in [3.8, 4) is 11.4 Å². The molecule has 18 heavy (non-hydrogen) atoms. The van der Waals surface area contributed by atoms with E-state index in [2.05, 4.69) is 40.0 Å². The van der Waals surface area contributed by atoms with Crippen LogP contribution in [-0.4, -0.2) is 14.8 Å². The van der Waals surface area contributed by atoms with Crippen LogP contribution in [0.5, 0.6) is 0 Å². The topological polar surface area (TPSA) is 30.7 Å². The first-order chi connectivity index (χ1) is 8.54. The first-order valence-electron chi connectivity index (χ1n) is 5.49. The third-order valence-corrected chi connectivity index (χ3v) is 3.70. The molecule has 2 rings (SSSR count). The number of alkyl halides is 1. The Hall–Kier alpha value is -0.580. The van der Waals surface area contributed by atoms with E-state index in [0.717, 1.165) is 21.7 Å². The molecular weight excluding hydrogens is 337 g/mol. The van der Waals surface area contributed by atoms with Crippen LogP contribution in [0.1, 0.15) is 25.7 Å². The molecule has 1 aromatic heterocycles. The fraction of sp³-hybridized carbons (Fsp3) is 0.333. The van der Waals surface area contributed by atoms with Crippen LogP contribution in [0, 0.1) is 0 Å². The summed E-state index contributed by atoms with van der Waals surface area (Å²) in [5.41, 5.74) is 0.956. The van der Waals surface area contributed by atoms with Crippen LogP contribution in [0.15, 0.2) is 22.7 Å². The monoisotopic (exact) mass is 347 g/mol. The predicted octanol–water partition coefficient (Wildman–Crippen LogP) is 4.68. The Morgan fingerprint density at radius 3 is 2.61 bits per heavy atom. The molecule has 6 heteroatoms. The van der Waals surface area contributed by atoms with Crippen molar-refractivity contribution in [2.75, 3.05) is 0 Å². The summed E-state index contributed by atoms with van der Waals surface area (Å²) in [5, 5.41) is 9.03. The Labute approximate surface area is 124 Å². The quantitative estimate of drug-likeness (QED) is 0.754. The molecule has 0 spiro atoms. The number of aromatic nitrogens is 3. The molecule has 0 N–H and O–H groups in total. The van der Waals surface area contributed by atoms with E-state index in [-0.39, 0.29) is 6.04 Å². The molecule has 0 fully saturated rings. The molecule has 0 aliphatic carbocycles. The Morgan fingerprint density at radius 2 is 2.06 bits per heavy atom. The molecule has 0 aliphatic heterocycles. The molecular formula is C12H12BrCl2N3. The second-order valence-electron chi connectivity index (χ2n) is 4.16. The fourth-order valence-electron chi connectivity index (χ4n) is 1.81. The number of rotatable bonds is 3. The van der Waals surface area contributed by atoms with Gasteiger partial charge in [0.2, 0.25) is 0 Å². The Morgan fingerprint density at radius 1 is 1.33 bits per heavy atom. The highest BCUT2D eigenvalue weighted by Crippen LogP contribution is 2.31. The largest absolute Gasteiger partial charge is 0.307 e. The van der Waals surface area contributed by atoms with Gasteiger partial charge < -0.3 is 4.57 Å². The van der Waals surface area contributed by atoms with E-state index >= 15 is 0 Å². The third kappa shape index (κ3) is 2.56. The summed E-state index contributed by atoms with van der Waals surface area (Å²) >= 11 is 15.3. The van der Waals surface area contributed by atoms with Gasteiger partial charge in [-0.25, -0.2) is 0 Å². The Kier molecular flexibility index (Phi) is 4.30. The maximum atomic E-state index is 5.95. The minimum atomic E-state index is 0.242. The smallest absolute Gasteiger partial charge is 0.165 e. The normalized spacial score (nSPS) is 11.2. The predicted molar refractivity (Wildman–Crippen MR) is 78.1 cm³/mol. The van der Waals surface area contributed by atoms with Crippen molar-refractivity contribution in [1.29, 1.82) is 0 Å². The summed E-state index contributed by atoms with van der Waals surface area (Å²) in [7, 11) is 0. The standard InChI is InChI=1S/C12H12BrCl2N3/c1-7(2)18-11(6-14)16-17-12(18)9-4-3-8(15)5-10(9)13/h3-5,7H,6H2,1-2H3. The zero-order valence-electron chi connectivity index (χ0n) is 9.99. The van der Waals surface area contributed by atoms with Gasteiger partial charge in [0.25, 0.3) is 0 Å². The minimum absolute atomic E-state index is 0.242. The second-order valence-corrected chi connectivity index (χ2v) is 5.72. The Bertz CT molecular complexity index is 566. The van der Waals surface area contributed by atoms with Crippen LogP contribution in [0.25, 0.3) is 11.4 Å². The summed E-state index contributed by atoms with van der Waals surface area (Å²) in [5.74, 6) is 1.91. The molecule has 0 atom stereocenters. The summed E-state index contributed by atoms with van der Waals surface area (Å²) in [6.45, 7) is 4.15. The van der Waals surface area contributed by atoms with Crippen molar-refractivity contribution in [1.82, 2.24) is 14.8 Å². The molecule has 1 heterocycles. The molecule has 1 aromatic carbocycles. The SMILES string of the molecule is CC(C)n1c(CCl)nnc1-c1ccc(Cl)cc1Br. The Balaban J connectivity index is 2.60. The van der Waals surface area contributed by atoms with Crippen molar-refractivity contribution in [3.05, 3.63) is 33.5 Å². The number of hydrogen-bond acceptors (Lipinski definition) is 2. The fourth-order valence-corrected chi connectivity index (χ4v) is 2.85. The van der Waals surface area contributed by atoms with Crippen LogP contribution in [0.3, 0.4) is 0 Å². The average molecular weight is 349 g/mol. The molecule has 0 aliphatic rings. The molecule has 96 valence electrons. The van der Waals surface area contributed by atoms with Gasteiger partial charge in [-0.05, 0) is 48.0 Å². The van der Waals surface area contributed by atoms with Gasteiger partial charge >= 0.3 is 0 Å². The summed E-state index contributed by atoms with van der Waals surface area (Å²) < 4.78 is 2.92. The van der Waals surface area contributed by atoms with Gasteiger partial charge in [0.15, 0.2) is 5.82 Å². The summed E-state index contributed by atoms with van der Waals surface area (Å²) in [6, 6.07) is 5.84. The third-order valence-electron chi connectivity index (χ3n) is 2.57. The molecule has 0 bridgehead atoms. The number of hydrogen-bond donors (Lipinski definition) is 0. The van der Waals surface area contributed by atoms with E-state index in [4.69, 9.17) is 23.2 Å². The van der Waals surface area contributed by atoms with Gasteiger partial charge in [-0.15, -0.1) is 21.8 Å². The van der Waals surface area contributed by atoms with E-state index in [0.29, 0.717) is 10.9 Å². The zero-order chi connectivity index (χ0) is 13.3. The molecule has 0 saturated heterocycles. The van der Waals surface area contributed by atoms with Gasteiger partial charge in [-0.3, -0.25) is 0 Å². The molecule has 0 saturated carbocycles. The lowest BCUT2D eigenvalue weighted by Crippen LogP contribution is -2.07. The van der Waals surface area contributed by atoms with E-state index < -0.39 is 0 Å². The van der Waals surface area contributed by atoms with Crippen molar-refractivity contribution in [2.24, 2.45) is 0 Å². The van der Waals surface area contributed by atoms with Crippen molar-refractivity contribution in [2.45, 2.75) is 25.8 Å². The zero-order valence-corrected chi connectivity index (χ0v) is 13.1. The van der Waals surface area contributed by atoms with Gasteiger partial charge in [-0.1, -0.05) is 11.6 Å². The molecule has 0 unspecified atom stereocenters. The lowest BCUT2D eigenvalue weighted by molar-refractivity contribution is 0.585. The highest BCUT2D eigenvalue weighted by molar-refractivity contribution is 9.10. The van der Waals surface area contributed by atoms with E-state index in [9.17, 15) is 0 Å². The average Bonchev–Trinajstić information content (AvgIpc) is 2.72. The molecule has 0 amide bonds. The first kappa shape index (κ1) is 13.8. The maximum absolute atomic E-state index is 5.95. The van der Waals surface area contributed by atoms with Gasteiger partial charge in [-0.2, -0.15) is 0 Å². The van der Waals surface area contributed by atoms with Crippen molar-refractivity contribution in [3.63, 3.8) is 0 Å². The van der Waals surface area contributed by atoms with Gasteiger partial charge in [0, 0.05) is 21.1 Å². The van der Waals surface area contributed by atoms with Gasteiger partial charge in [0.1, 0.15) is 5.82 Å². The number of benzene rings is 1. The molecule has 3 nitrogen and oxygen atoms in total. The van der Waals surface area contributed by atoms with E-state index in [1.807, 2.05) is 22.8 Å². The summed E-state index contributed by atoms with van der Waals surface area (Å²) in [6.07, 6.45) is 0. The van der Waals surface area contributed by atoms with Crippen LogP contribution < -0.4 is 0 Å². The highest BCUT2D eigenvalue weighted by Gasteiger charge is 2.17. The molecule has 0 radical (unpaired) electrons. The summed E-state index contributed by atoms with van der Waals surface area (Å²) in [4.78, 5) is 0. The minimum Gasteiger partial charge on any atom is -0.307 e. The highest BCUT2D eigenvalue weighted by atomic mass is 79.9. The second kappa shape index (κ2) is 5.59. The van der Waals surface area contributed by atoms with E-state index in [1.165, 1.54) is 0 Å².